The molecular weight excluding hydrogens is 348 g/mol. The van der Waals surface area contributed by atoms with E-state index in [1.807, 2.05) is 6.92 Å². The van der Waals surface area contributed by atoms with Gasteiger partial charge in [-0.3, -0.25) is 0 Å². The first-order chi connectivity index (χ1) is 6.13. The Balaban J connectivity index is 0. The molecule has 0 fully saturated rings. The fraction of sp³-hybridized carbons (Fsp3) is 0.200. The molecule has 0 amide bonds. The largest absolute Gasteiger partial charge is 2.00 e. The summed E-state index contributed by atoms with van der Waals surface area (Å²) in [6, 6.07) is 4.62. The van der Waals surface area contributed by atoms with Crippen LogP contribution in [0.25, 0.3) is 0 Å². The van der Waals surface area contributed by atoms with Crippen LogP contribution < -0.4 is 11.5 Å². The second-order valence-corrected chi connectivity index (χ2v) is 2.49. The number of rotatable bonds is 1. The normalized spacial score (nSPS) is 7.86. The molecule has 76 valence electrons. The van der Waals surface area contributed by atoms with E-state index >= 15 is 0 Å². The van der Waals surface area contributed by atoms with E-state index in [2.05, 4.69) is 6.92 Å². The quantitative estimate of drug-likeness (QED) is 0.588. The molecule has 0 bridgehead atoms. The smallest absolute Gasteiger partial charge is 0.409 e. The van der Waals surface area contributed by atoms with Gasteiger partial charge in [-0.15, -0.1) is 17.7 Å². The van der Waals surface area contributed by atoms with Crippen molar-refractivity contribution in [2.45, 2.75) is 13.3 Å². The van der Waals surface area contributed by atoms with E-state index in [0.29, 0.717) is 16.9 Å². The maximum Gasteiger partial charge on any atom is 2.00 e. The van der Waals surface area contributed by atoms with Gasteiger partial charge in [-0.25, -0.2) is 0 Å². The Morgan fingerprint density at radius 2 is 1.64 bits per heavy atom. The van der Waals surface area contributed by atoms with Crippen LogP contribution in [0.5, 0.6) is 0 Å². The molecule has 3 nitrogen and oxygen atoms in total. The Hall–Kier alpha value is -0.822. The van der Waals surface area contributed by atoms with Gasteiger partial charge in [-0.2, -0.15) is 6.42 Å². The van der Waals surface area contributed by atoms with Crippen LogP contribution in [0, 0.1) is 6.92 Å². The molecule has 1 rings (SSSR count). The van der Waals surface area contributed by atoms with E-state index in [9.17, 15) is 4.79 Å². The minimum absolute atomic E-state index is 0. The molecule has 0 radical (unpaired) electrons. The van der Waals surface area contributed by atoms with Crippen molar-refractivity contribution >= 4 is 17.7 Å². The maximum atomic E-state index is 10.1. The van der Waals surface area contributed by atoms with Gasteiger partial charge in [-0.05, 0) is 17.4 Å². The molecule has 0 aliphatic carbocycles. The van der Waals surface area contributed by atoms with Crippen LogP contribution in [0.2, 0.25) is 0 Å². The summed E-state index contributed by atoms with van der Waals surface area (Å²) in [5, 5.41) is 0. The van der Waals surface area contributed by atoms with E-state index in [1.54, 1.807) is 12.4 Å². The molecule has 0 spiro atoms. The Bertz CT molecular complexity index is 257. The molecule has 4 heteroatoms. The number of benzene rings is 1. The Kier molecular flexibility index (Phi) is 9.79. The summed E-state index contributed by atoms with van der Waals surface area (Å²) in [6.45, 7) is 5.50. The molecule has 1 aromatic carbocycles. The van der Waals surface area contributed by atoms with Crippen molar-refractivity contribution in [1.29, 1.82) is 0 Å². The molecular formula is C10H14N2OW. The summed E-state index contributed by atoms with van der Waals surface area (Å²) in [5.74, 6) is 0. The molecule has 0 aliphatic rings. The second-order valence-electron chi connectivity index (χ2n) is 2.49. The van der Waals surface area contributed by atoms with Crippen LogP contribution in [0.1, 0.15) is 18.9 Å². The molecule has 14 heavy (non-hydrogen) atoms. The topological polar surface area (TPSA) is 69.1 Å². The van der Waals surface area contributed by atoms with Crippen LogP contribution >= 0.6 is 0 Å². The van der Waals surface area contributed by atoms with Crippen LogP contribution in [0.4, 0.5) is 11.4 Å². The van der Waals surface area contributed by atoms with Gasteiger partial charge < -0.3 is 23.2 Å². The predicted molar refractivity (Wildman–Crippen MR) is 55.7 cm³/mol. The van der Waals surface area contributed by atoms with Gasteiger partial charge in [0.25, 0.3) is 0 Å². The summed E-state index contributed by atoms with van der Waals surface area (Å²) >= 11 is 0. The maximum absolute atomic E-state index is 10.1. The number of hydrogen-bond acceptors (Lipinski definition) is 3. The monoisotopic (exact) mass is 362 g/mol. The number of nitrogens with two attached hydrogens (primary N) is 2. The van der Waals surface area contributed by atoms with Crippen molar-refractivity contribution in [1.82, 2.24) is 0 Å². The summed E-state index contributed by atoms with van der Waals surface area (Å²) in [5.41, 5.74) is 12.1. The van der Waals surface area contributed by atoms with Crippen molar-refractivity contribution in [3.05, 3.63) is 30.7 Å². The van der Waals surface area contributed by atoms with Gasteiger partial charge in [0.05, 0.1) is 6.29 Å². The van der Waals surface area contributed by atoms with Crippen LogP contribution in [-0.2, 0) is 25.9 Å². The summed E-state index contributed by atoms with van der Waals surface area (Å²) in [4.78, 5) is 10.1. The second kappa shape index (κ2) is 8.76. The third-order valence-electron chi connectivity index (χ3n) is 1.10. The third-order valence-corrected chi connectivity index (χ3v) is 1.10. The number of anilines is 2. The first-order valence-corrected chi connectivity index (χ1v) is 3.97. The predicted octanol–water partition coefficient (Wildman–Crippen LogP) is 1.54. The van der Waals surface area contributed by atoms with Crippen LogP contribution in [0.15, 0.2) is 18.2 Å². The molecule has 0 aromatic heterocycles. The SMILES string of the molecule is Nc1cc(N)cc([C-]=O)c1.[CH2-]CC.[W+2]. The molecule has 0 saturated carbocycles. The fourth-order valence-corrected chi connectivity index (χ4v) is 0.735. The van der Waals surface area contributed by atoms with Gasteiger partial charge >= 0.3 is 21.1 Å². The van der Waals surface area contributed by atoms with Crippen molar-refractivity contribution in [2.24, 2.45) is 0 Å². The molecule has 4 N–H and O–H groups in total. The van der Waals surface area contributed by atoms with Crippen molar-refractivity contribution in [2.75, 3.05) is 11.5 Å². The summed E-state index contributed by atoms with van der Waals surface area (Å²) in [7, 11) is 0. The minimum Gasteiger partial charge on any atom is -0.409 e. The first-order valence-electron chi connectivity index (χ1n) is 3.97. The first kappa shape index (κ1) is 15.6. The van der Waals surface area contributed by atoms with Crippen LogP contribution in [-0.4, -0.2) is 6.29 Å². The zero-order chi connectivity index (χ0) is 10.3. The zero-order valence-corrected chi connectivity index (χ0v) is 11.1. The third kappa shape index (κ3) is 6.67. The van der Waals surface area contributed by atoms with E-state index in [-0.39, 0.29) is 21.1 Å². The van der Waals surface area contributed by atoms with E-state index in [4.69, 9.17) is 11.5 Å². The average Bonchev–Trinajstić information content (AvgIpc) is 2.04. The standard InChI is InChI=1S/C7H7N2O.C3H7.W/c8-6-1-5(4-10)2-7(9)3-6;1-3-2;/h1-3H,8-9H2;1,3H2,2H3;/q2*-1;+2. The Labute approximate surface area is 99.1 Å². The van der Waals surface area contributed by atoms with E-state index < -0.39 is 0 Å². The fourth-order valence-electron chi connectivity index (χ4n) is 0.735. The number of carbonyl (C=O) groups excluding carboxylic acids is 1. The minimum atomic E-state index is 0. The van der Waals surface area contributed by atoms with Gasteiger partial charge in [0.15, 0.2) is 0 Å². The Morgan fingerprint density at radius 1 is 1.29 bits per heavy atom. The molecule has 0 aliphatic heterocycles. The molecule has 0 unspecified atom stereocenters. The number of nitrogen functional groups attached to an aromatic ring is 2. The van der Waals surface area contributed by atoms with E-state index in [0.717, 1.165) is 6.42 Å². The summed E-state index contributed by atoms with van der Waals surface area (Å²) < 4.78 is 0. The van der Waals surface area contributed by atoms with Gasteiger partial charge in [0.2, 0.25) is 0 Å². The van der Waals surface area contributed by atoms with Crippen molar-refractivity contribution < 1.29 is 25.9 Å². The van der Waals surface area contributed by atoms with Crippen molar-refractivity contribution in [3.63, 3.8) is 0 Å². The van der Waals surface area contributed by atoms with Gasteiger partial charge in [-0.1, -0.05) is 6.92 Å². The van der Waals surface area contributed by atoms with Gasteiger partial charge in [0, 0.05) is 0 Å². The summed E-state index contributed by atoms with van der Waals surface area (Å²) in [6.07, 6.45) is 2.70. The zero-order valence-electron chi connectivity index (χ0n) is 8.12. The molecule has 1 aromatic rings. The number of hydrogen-bond donors (Lipinski definition) is 2. The Morgan fingerprint density at radius 3 is 1.93 bits per heavy atom. The molecule has 0 heterocycles. The van der Waals surface area contributed by atoms with E-state index in [1.165, 1.54) is 12.1 Å². The van der Waals surface area contributed by atoms with Crippen molar-refractivity contribution in [3.8, 4) is 0 Å². The van der Waals surface area contributed by atoms with Gasteiger partial charge in [0.1, 0.15) is 0 Å². The average molecular weight is 362 g/mol. The molecule has 0 saturated heterocycles. The van der Waals surface area contributed by atoms with Crippen LogP contribution in [0.3, 0.4) is 0 Å². The molecule has 0 atom stereocenters.